The first-order chi connectivity index (χ1) is 13.1. The van der Waals surface area contributed by atoms with E-state index in [0.717, 1.165) is 5.56 Å². The van der Waals surface area contributed by atoms with E-state index in [0.29, 0.717) is 39.9 Å². The molecule has 3 aromatic rings. The van der Waals surface area contributed by atoms with Crippen molar-refractivity contribution in [3.8, 4) is 28.5 Å². The van der Waals surface area contributed by atoms with Crippen LogP contribution < -0.4 is 19.9 Å². The van der Waals surface area contributed by atoms with Gasteiger partial charge in [0.05, 0.1) is 27.0 Å². The van der Waals surface area contributed by atoms with Crippen molar-refractivity contribution in [2.24, 2.45) is 0 Å². The van der Waals surface area contributed by atoms with Crippen molar-refractivity contribution >= 4 is 11.5 Å². The smallest absolute Gasteiger partial charge is 0.211 e. The van der Waals surface area contributed by atoms with Gasteiger partial charge in [0.1, 0.15) is 5.69 Å². The molecule has 2 aromatic carbocycles. The fourth-order valence-electron chi connectivity index (χ4n) is 2.74. The Bertz CT molecular complexity index is 943. The third-order valence-corrected chi connectivity index (χ3v) is 4.12. The highest BCUT2D eigenvalue weighted by Gasteiger charge is 2.19. The third kappa shape index (κ3) is 3.69. The molecular weight excluding hydrogens is 344 g/mol. The summed E-state index contributed by atoms with van der Waals surface area (Å²) in [4.78, 5) is 17.5. The van der Waals surface area contributed by atoms with Crippen molar-refractivity contribution < 1.29 is 19.0 Å². The third-order valence-electron chi connectivity index (χ3n) is 4.12. The van der Waals surface area contributed by atoms with Crippen molar-refractivity contribution in [2.45, 2.75) is 0 Å². The highest BCUT2D eigenvalue weighted by Crippen LogP contribution is 2.38. The number of methoxy groups -OCH3 is 3. The fourth-order valence-corrected chi connectivity index (χ4v) is 2.74. The normalized spacial score (nSPS) is 10.3. The number of hydrogen-bond acceptors (Lipinski definition) is 6. The van der Waals surface area contributed by atoms with E-state index in [4.69, 9.17) is 19.9 Å². The number of ether oxygens (including phenoxy) is 3. The topological polar surface area (TPSA) is 83.7 Å². The number of ketones is 1. The van der Waals surface area contributed by atoms with E-state index in [1.54, 1.807) is 36.4 Å². The predicted octanol–water partition coefficient (Wildman–Crippen LogP) is 3.59. The van der Waals surface area contributed by atoms with Crippen LogP contribution in [0.25, 0.3) is 11.3 Å². The first kappa shape index (κ1) is 18.3. The van der Waals surface area contributed by atoms with Crippen LogP contribution >= 0.6 is 0 Å². The minimum absolute atomic E-state index is 0.244. The molecule has 0 atom stereocenters. The maximum Gasteiger partial charge on any atom is 0.211 e. The Kier molecular flexibility index (Phi) is 5.26. The number of nitrogens with zero attached hydrogens (tertiary/aromatic N) is 1. The van der Waals surface area contributed by atoms with Crippen LogP contribution in [-0.4, -0.2) is 32.1 Å². The summed E-state index contributed by atoms with van der Waals surface area (Å²) in [6.45, 7) is 0. The van der Waals surface area contributed by atoms with Gasteiger partial charge < -0.3 is 19.9 Å². The number of anilines is 1. The molecule has 0 spiro atoms. The molecule has 27 heavy (non-hydrogen) atoms. The monoisotopic (exact) mass is 364 g/mol. The Morgan fingerprint density at radius 2 is 1.52 bits per heavy atom. The first-order valence-corrected chi connectivity index (χ1v) is 8.25. The molecule has 2 N–H and O–H groups in total. The molecule has 0 aliphatic rings. The van der Waals surface area contributed by atoms with Gasteiger partial charge in [0.15, 0.2) is 11.5 Å². The summed E-state index contributed by atoms with van der Waals surface area (Å²) < 4.78 is 15.9. The number of carbonyl (C=O) groups is 1. The minimum Gasteiger partial charge on any atom is -0.493 e. The van der Waals surface area contributed by atoms with E-state index in [2.05, 4.69) is 4.98 Å². The van der Waals surface area contributed by atoms with E-state index >= 15 is 0 Å². The van der Waals surface area contributed by atoms with Crippen LogP contribution in [0.3, 0.4) is 0 Å². The summed E-state index contributed by atoms with van der Waals surface area (Å²) in [5.41, 5.74) is 8.68. The second kappa shape index (κ2) is 7.78. The lowest BCUT2D eigenvalue weighted by atomic mass is 10.0. The van der Waals surface area contributed by atoms with Crippen LogP contribution in [0.15, 0.2) is 54.6 Å². The van der Waals surface area contributed by atoms with Gasteiger partial charge in [-0.05, 0) is 36.4 Å². The minimum atomic E-state index is -0.244. The standard InChI is InChI=1S/C21H20N2O4/c1-25-18-11-14(12-19(26-2)21(18)27-3)20(24)17-6-4-5-16(23-17)13-7-9-15(22)10-8-13/h4-12H,22H2,1-3H3. The number of nitrogen functional groups attached to an aromatic ring is 1. The molecule has 0 saturated heterocycles. The van der Waals surface area contributed by atoms with E-state index in [-0.39, 0.29) is 5.78 Å². The van der Waals surface area contributed by atoms with Crippen LogP contribution in [0.1, 0.15) is 16.1 Å². The van der Waals surface area contributed by atoms with Gasteiger partial charge in [-0.1, -0.05) is 18.2 Å². The van der Waals surface area contributed by atoms with Gasteiger partial charge in [-0.3, -0.25) is 4.79 Å². The van der Waals surface area contributed by atoms with Gasteiger partial charge in [0, 0.05) is 16.8 Å². The molecule has 0 amide bonds. The Balaban J connectivity index is 2.01. The molecule has 0 radical (unpaired) electrons. The molecule has 0 fully saturated rings. The van der Waals surface area contributed by atoms with Crippen molar-refractivity contribution in [1.82, 2.24) is 4.98 Å². The number of nitrogens with two attached hydrogens (primary N) is 1. The van der Waals surface area contributed by atoms with Crippen molar-refractivity contribution in [3.63, 3.8) is 0 Å². The Hall–Kier alpha value is -3.54. The maximum atomic E-state index is 13.0. The molecule has 3 rings (SSSR count). The molecule has 138 valence electrons. The highest BCUT2D eigenvalue weighted by molar-refractivity contribution is 6.08. The summed E-state index contributed by atoms with van der Waals surface area (Å²) in [5.74, 6) is 1.01. The van der Waals surface area contributed by atoms with Gasteiger partial charge in [-0.15, -0.1) is 0 Å². The number of rotatable bonds is 6. The second-order valence-corrected chi connectivity index (χ2v) is 5.77. The zero-order valence-corrected chi connectivity index (χ0v) is 15.4. The quantitative estimate of drug-likeness (QED) is 0.532. The summed E-state index contributed by atoms with van der Waals surface area (Å²) in [5, 5.41) is 0. The van der Waals surface area contributed by atoms with Crippen molar-refractivity contribution in [3.05, 3.63) is 65.9 Å². The average molecular weight is 364 g/mol. The maximum absolute atomic E-state index is 13.0. The van der Waals surface area contributed by atoms with E-state index in [1.165, 1.54) is 21.3 Å². The molecule has 1 aromatic heterocycles. The van der Waals surface area contributed by atoms with Crippen LogP contribution in [0.4, 0.5) is 5.69 Å². The van der Waals surface area contributed by atoms with Crippen LogP contribution in [0.5, 0.6) is 17.2 Å². The lowest BCUT2D eigenvalue weighted by Crippen LogP contribution is -2.06. The van der Waals surface area contributed by atoms with Crippen molar-refractivity contribution in [2.75, 3.05) is 27.1 Å². The molecule has 0 unspecified atom stereocenters. The Labute approximate surface area is 157 Å². The van der Waals surface area contributed by atoms with Gasteiger partial charge >= 0.3 is 0 Å². The van der Waals surface area contributed by atoms with E-state index < -0.39 is 0 Å². The van der Waals surface area contributed by atoms with Gasteiger partial charge in [-0.25, -0.2) is 4.98 Å². The van der Waals surface area contributed by atoms with Gasteiger partial charge in [-0.2, -0.15) is 0 Å². The predicted molar refractivity (Wildman–Crippen MR) is 104 cm³/mol. The SMILES string of the molecule is COc1cc(C(=O)c2cccc(-c3ccc(N)cc3)n2)cc(OC)c1OC. The fraction of sp³-hybridized carbons (Fsp3) is 0.143. The molecule has 0 aliphatic carbocycles. The summed E-state index contributed by atoms with van der Waals surface area (Å²) in [6.07, 6.45) is 0. The Morgan fingerprint density at radius 1 is 0.889 bits per heavy atom. The molecule has 0 aliphatic heterocycles. The number of aromatic nitrogens is 1. The Morgan fingerprint density at radius 3 is 2.07 bits per heavy atom. The largest absolute Gasteiger partial charge is 0.493 e. The van der Waals surface area contributed by atoms with Gasteiger partial charge in [0.25, 0.3) is 0 Å². The number of pyridine rings is 1. The molecule has 6 nitrogen and oxygen atoms in total. The highest BCUT2D eigenvalue weighted by atomic mass is 16.5. The summed E-state index contributed by atoms with van der Waals surface area (Å²) in [7, 11) is 4.52. The first-order valence-electron chi connectivity index (χ1n) is 8.25. The molecule has 1 heterocycles. The molecule has 0 bridgehead atoms. The van der Waals surface area contributed by atoms with E-state index in [9.17, 15) is 4.79 Å². The second-order valence-electron chi connectivity index (χ2n) is 5.77. The lowest BCUT2D eigenvalue weighted by Gasteiger charge is -2.13. The average Bonchev–Trinajstić information content (AvgIpc) is 2.72. The lowest BCUT2D eigenvalue weighted by molar-refractivity contribution is 0.103. The molecule has 6 heteroatoms. The van der Waals surface area contributed by atoms with E-state index in [1.807, 2.05) is 18.2 Å². The molecule has 0 saturated carbocycles. The number of carbonyl (C=O) groups excluding carboxylic acids is 1. The zero-order valence-electron chi connectivity index (χ0n) is 15.4. The molecular formula is C21H20N2O4. The number of hydrogen-bond donors (Lipinski definition) is 1. The van der Waals surface area contributed by atoms with Crippen LogP contribution in [0, 0.1) is 0 Å². The zero-order chi connectivity index (χ0) is 19.4. The van der Waals surface area contributed by atoms with Gasteiger partial charge in [0.2, 0.25) is 11.5 Å². The van der Waals surface area contributed by atoms with Crippen molar-refractivity contribution in [1.29, 1.82) is 0 Å². The number of benzene rings is 2. The summed E-state index contributed by atoms with van der Waals surface area (Å²) in [6, 6.07) is 15.9. The van der Waals surface area contributed by atoms with Crippen LogP contribution in [0.2, 0.25) is 0 Å². The summed E-state index contributed by atoms with van der Waals surface area (Å²) >= 11 is 0. The van der Waals surface area contributed by atoms with Crippen LogP contribution in [-0.2, 0) is 0 Å².